The van der Waals surface area contributed by atoms with E-state index in [4.69, 9.17) is 9.16 Å². The Balaban J connectivity index is 1.92. The van der Waals surface area contributed by atoms with Crippen molar-refractivity contribution in [2.75, 3.05) is 13.7 Å². The summed E-state index contributed by atoms with van der Waals surface area (Å²) in [5, 5.41) is 12.3. The lowest BCUT2D eigenvalue weighted by Crippen LogP contribution is -2.68. The molecule has 1 saturated carbocycles. The van der Waals surface area contributed by atoms with Crippen molar-refractivity contribution < 1.29 is 19.1 Å². The van der Waals surface area contributed by atoms with Crippen molar-refractivity contribution >= 4 is 24.8 Å². The predicted octanol–water partition coefficient (Wildman–Crippen LogP) is 5.67. The largest absolute Gasteiger partial charge is 0.465 e. The van der Waals surface area contributed by atoms with Crippen molar-refractivity contribution in [3.05, 3.63) is 60.7 Å². The number of hydrogen-bond acceptors (Lipinski definition) is 3. The molecule has 1 amide bonds. The minimum absolute atomic E-state index is 0.0105. The third-order valence-corrected chi connectivity index (χ3v) is 12.5. The number of nitrogens with zero attached hydrogens (tertiary/aromatic N) is 1. The van der Waals surface area contributed by atoms with Crippen molar-refractivity contribution in [2.45, 2.75) is 89.4 Å². The molecule has 1 aliphatic rings. The number of methoxy groups -OCH3 is 1. The Morgan fingerprint density at radius 3 is 1.74 bits per heavy atom. The molecule has 2 aromatic carbocycles. The molecule has 35 heavy (non-hydrogen) atoms. The van der Waals surface area contributed by atoms with Crippen LogP contribution in [0.5, 0.6) is 0 Å². The van der Waals surface area contributed by atoms with Crippen LogP contribution in [-0.4, -0.2) is 55.3 Å². The maximum absolute atomic E-state index is 12.0. The highest BCUT2D eigenvalue weighted by atomic mass is 28.4. The van der Waals surface area contributed by atoms with Crippen molar-refractivity contribution in [3.63, 3.8) is 0 Å². The van der Waals surface area contributed by atoms with Crippen LogP contribution < -0.4 is 10.4 Å². The molecule has 0 radical (unpaired) electrons. The number of carboxylic acid groups (broad SMARTS) is 1. The zero-order valence-electron chi connectivity index (χ0n) is 22.5. The van der Waals surface area contributed by atoms with Crippen LogP contribution >= 0.6 is 0 Å². The third-order valence-electron chi connectivity index (χ3n) is 7.56. The molecule has 0 aliphatic heterocycles. The molecule has 0 heterocycles. The van der Waals surface area contributed by atoms with E-state index in [2.05, 4.69) is 81.4 Å². The summed E-state index contributed by atoms with van der Waals surface area (Å²) in [6.07, 6.45) is 2.22. The van der Waals surface area contributed by atoms with Crippen LogP contribution in [-0.2, 0) is 9.16 Å². The normalized spacial score (nSPS) is 21.5. The highest BCUT2D eigenvalue weighted by molar-refractivity contribution is 6.99. The van der Waals surface area contributed by atoms with Crippen LogP contribution in [0.3, 0.4) is 0 Å². The van der Waals surface area contributed by atoms with Crippen molar-refractivity contribution in [1.82, 2.24) is 4.90 Å². The van der Waals surface area contributed by atoms with Gasteiger partial charge in [0.2, 0.25) is 0 Å². The number of benzene rings is 2. The van der Waals surface area contributed by atoms with E-state index < -0.39 is 25.6 Å². The highest BCUT2D eigenvalue weighted by Crippen LogP contribution is 2.40. The second-order valence-corrected chi connectivity index (χ2v) is 16.2. The summed E-state index contributed by atoms with van der Waals surface area (Å²) >= 11 is 0. The van der Waals surface area contributed by atoms with Gasteiger partial charge in [-0.15, -0.1) is 0 Å². The van der Waals surface area contributed by atoms with Crippen LogP contribution in [0, 0.1) is 0 Å². The summed E-state index contributed by atoms with van der Waals surface area (Å²) in [6.45, 7) is 13.2. The van der Waals surface area contributed by atoms with Gasteiger partial charge in [0.1, 0.15) is 0 Å². The smallest absolute Gasteiger partial charge is 0.407 e. The fraction of sp³-hybridized carbons (Fsp3) is 0.552. The first-order chi connectivity index (χ1) is 16.4. The van der Waals surface area contributed by atoms with E-state index in [1.165, 1.54) is 10.4 Å². The molecule has 0 unspecified atom stereocenters. The number of carbonyl (C=O) groups is 1. The van der Waals surface area contributed by atoms with E-state index in [1.54, 1.807) is 12.0 Å². The lowest BCUT2D eigenvalue weighted by Gasteiger charge is -2.48. The minimum atomic E-state index is -2.67. The van der Waals surface area contributed by atoms with E-state index in [-0.39, 0.29) is 11.1 Å². The molecule has 3 rings (SSSR count). The fourth-order valence-corrected chi connectivity index (χ4v) is 10.4. The molecule has 1 fully saturated rings. The maximum Gasteiger partial charge on any atom is 0.407 e. The predicted molar refractivity (Wildman–Crippen MR) is 145 cm³/mol. The van der Waals surface area contributed by atoms with E-state index in [0.29, 0.717) is 6.61 Å². The summed E-state index contributed by atoms with van der Waals surface area (Å²) in [7, 11) is -0.896. The molecule has 1 aliphatic carbocycles. The monoisotopic (exact) mass is 497 g/mol. The van der Waals surface area contributed by atoms with Gasteiger partial charge in [-0.05, 0) is 61.9 Å². The molecular formula is C29H43NO4Si. The average Bonchev–Trinajstić information content (AvgIpc) is 2.80. The van der Waals surface area contributed by atoms with Crippen molar-refractivity contribution in [3.8, 4) is 0 Å². The zero-order chi connectivity index (χ0) is 25.9. The first kappa shape index (κ1) is 27.4. The fourth-order valence-electron chi connectivity index (χ4n) is 5.79. The molecule has 0 atom stereocenters. The van der Waals surface area contributed by atoms with E-state index in [9.17, 15) is 9.90 Å². The summed E-state index contributed by atoms with van der Waals surface area (Å²) in [4.78, 5) is 13.7. The third kappa shape index (κ3) is 5.65. The quantitative estimate of drug-likeness (QED) is 0.501. The summed E-state index contributed by atoms with van der Waals surface area (Å²) in [6, 6.07) is 21.3. The van der Waals surface area contributed by atoms with Crippen LogP contribution in [0.25, 0.3) is 0 Å². The van der Waals surface area contributed by atoms with Gasteiger partial charge < -0.3 is 19.2 Å². The Kier molecular flexibility index (Phi) is 8.19. The molecule has 0 bridgehead atoms. The van der Waals surface area contributed by atoms with Gasteiger partial charge in [0.25, 0.3) is 8.32 Å². The average molecular weight is 498 g/mol. The Labute approximate surface area is 212 Å². The van der Waals surface area contributed by atoms with E-state index in [1.807, 2.05) is 20.8 Å². The number of rotatable bonds is 7. The minimum Gasteiger partial charge on any atom is -0.465 e. The lowest BCUT2D eigenvalue weighted by molar-refractivity contribution is -0.0866. The van der Waals surface area contributed by atoms with Gasteiger partial charge in [-0.2, -0.15) is 0 Å². The molecule has 6 heteroatoms. The maximum atomic E-state index is 12.0. The SMILES string of the molecule is CO[C@]1(CO[Si](c2ccccc2)(c2ccccc2)C(C)(C)C)CC[C@@H](N(C(=O)O)C(C)(C)C)CC1. The summed E-state index contributed by atoms with van der Waals surface area (Å²) in [5.41, 5.74) is -0.861. The molecule has 0 spiro atoms. The van der Waals surface area contributed by atoms with Crippen molar-refractivity contribution in [2.24, 2.45) is 0 Å². The van der Waals surface area contributed by atoms with Gasteiger partial charge in [0.15, 0.2) is 0 Å². The van der Waals surface area contributed by atoms with Crippen LogP contribution in [0.1, 0.15) is 67.2 Å². The molecule has 1 N–H and O–H groups in total. The number of amides is 1. The molecule has 5 nitrogen and oxygen atoms in total. The zero-order valence-corrected chi connectivity index (χ0v) is 23.5. The van der Waals surface area contributed by atoms with Crippen LogP contribution in [0.2, 0.25) is 5.04 Å². The Hall–Kier alpha value is -2.15. The van der Waals surface area contributed by atoms with Gasteiger partial charge in [0, 0.05) is 18.7 Å². The van der Waals surface area contributed by atoms with Gasteiger partial charge in [-0.25, -0.2) is 4.79 Å². The second-order valence-electron chi connectivity index (χ2n) is 11.9. The van der Waals surface area contributed by atoms with Crippen molar-refractivity contribution in [1.29, 1.82) is 0 Å². The summed E-state index contributed by atoms with van der Waals surface area (Å²) in [5.74, 6) is 0. The molecular weight excluding hydrogens is 454 g/mol. The number of hydrogen-bond donors (Lipinski definition) is 1. The van der Waals surface area contributed by atoms with Gasteiger partial charge in [0.05, 0.1) is 12.2 Å². The van der Waals surface area contributed by atoms with E-state index >= 15 is 0 Å². The van der Waals surface area contributed by atoms with Gasteiger partial charge in [-0.1, -0.05) is 81.4 Å². The number of ether oxygens (including phenoxy) is 1. The van der Waals surface area contributed by atoms with Crippen LogP contribution in [0.15, 0.2) is 60.7 Å². The molecule has 0 saturated heterocycles. The highest BCUT2D eigenvalue weighted by Gasteiger charge is 2.52. The standard InChI is InChI=1S/C29H43NO4Si/c1-27(2,3)30(26(31)32)23-18-20-29(33-7,21-19-23)22-34-35(28(4,5)6,24-14-10-8-11-15-24)25-16-12-9-13-17-25/h8-17,23H,18-22H2,1-7H3,(H,31,32)/t23-,29-. The summed E-state index contributed by atoms with van der Waals surface area (Å²) < 4.78 is 13.4. The lowest BCUT2D eigenvalue weighted by atomic mass is 9.81. The van der Waals surface area contributed by atoms with Gasteiger partial charge >= 0.3 is 6.09 Å². The van der Waals surface area contributed by atoms with Crippen LogP contribution in [0.4, 0.5) is 4.79 Å². The van der Waals surface area contributed by atoms with Gasteiger partial charge in [-0.3, -0.25) is 0 Å². The van der Waals surface area contributed by atoms with E-state index in [0.717, 1.165) is 25.7 Å². The first-order valence-electron chi connectivity index (χ1n) is 12.7. The molecule has 2 aromatic rings. The molecule has 0 aromatic heterocycles. The Morgan fingerprint density at radius 1 is 0.943 bits per heavy atom. The second kappa shape index (κ2) is 10.5. The topological polar surface area (TPSA) is 59.0 Å². The Morgan fingerprint density at radius 2 is 1.40 bits per heavy atom. The first-order valence-corrected chi connectivity index (χ1v) is 14.6. The Bertz CT molecular complexity index is 918. The molecule has 192 valence electrons.